The first kappa shape index (κ1) is 27.1. The number of hydrogen-bond donors (Lipinski definition) is 1. The summed E-state index contributed by atoms with van der Waals surface area (Å²) in [6.07, 6.45) is -4.09. The lowest BCUT2D eigenvalue weighted by molar-refractivity contribution is -0.274. The maximum absolute atomic E-state index is 13.6. The summed E-state index contributed by atoms with van der Waals surface area (Å²) in [5.41, 5.74) is 2.10. The second-order valence-corrected chi connectivity index (χ2v) is 9.91. The smallest absolute Gasteiger partial charge is 0.497 e. The molecule has 0 fully saturated rings. The maximum atomic E-state index is 13.6. The Balaban J connectivity index is 1.57. The van der Waals surface area contributed by atoms with Gasteiger partial charge in [-0.3, -0.25) is 4.79 Å². The molecule has 2 heterocycles. The number of carboxylic acid groups (broad SMARTS) is 1. The van der Waals surface area contributed by atoms with Gasteiger partial charge in [-0.15, -0.1) is 13.2 Å². The van der Waals surface area contributed by atoms with E-state index in [1.54, 1.807) is 47.9 Å². The van der Waals surface area contributed by atoms with E-state index in [0.29, 0.717) is 52.1 Å². The Bertz CT molecular complexity index is 1620. The number of aromatic nitrogens is 1. The van der Waals surface area contributed by atoms with Crippen molar-refractivity contribution >= 4 is 22.7 Å². The molecule has 1 N–H and O–H groups in total. The quantitative estimate of drug-likeness (QED) is 0.270. The number of carbonyl (C=O) groups is 2. The SMILES string of the molecule is COc1ccc(C(=O)c2c(C)n(Cc3ccc4c(c3)CCC(C)(C(=O)O)O4)c3cc(OC(F)(F)F)ccc23)cc1. The van der Waals surface area contributed by atoms with Crippen LogP contribution in [-0.4, -0.2) is 40.5 Å². The molecule has 0 saturated carbocycles. The number of ether oxygens (including phenoxy) is 3. The molecule has 5 rings (SSSR count). The molecular weight excluding hydrogens is 527 g/mol. The third-order valence-electron chi connectivity index (χ3n) is 7.23. The zero-order valence-electron chi connectivity index (χ0n) is 22.0. The van der Waals surface area contributed by atoms with Crippen molar-refractivity contribution in [3.05, 3.63) is 88.6 Å². The fourth-order valence-corrected chi connectivity index (χ4v) is 5.06. The summed E-state index contributed by atoms with van der Waals surface area (Å²) in [7, 11) is 1.52. The fourth-order valence-electron chi connectivity index (χ4n) is 5.06. The number of benzene rings is 3. The third-order valence-corrected chi connectivity index (χ3v) is 7.23. The molecule has 0 amide bonds. The van der Waals surface area contributed by atoms with Gasteiger partial charge in [-0.1, -0.05) is 12.1 Å². The molecular formula is C30H26F3NO6. The molecule has 40 heavy (non-hydrogen) atoms. The molecule has 3 aromatic carbocycles. The van der Waals surface area contributed by atoms with Crippen molar-refractivity contribution in [3.63, 3.8) is 0 Å². The second-order valence-electron chi connectivity index (χ2n) is 9.91. The van der Waals surface area contributed by atoms with Gasteiger partial charge in [-0.05, 0) is 73.9 Å². The average Bonchev–Trinajstić information content (AvgIpc) is 3.17. The summed E-state index contributed by atoms with van der Waals surface area (Å²) in [5.74, 6) is -0.647. The summed E-state index contributed by atoms with van der Waals surface area (Å²) >= 11 is 0. The van der Waals surface area contributed by atoms with Gasteiger partial charge < -0.3 is 23.9 Å². The van der Waals surface area contributed by atoms with Gasteiger partial charge in [-0.25, -0.2) is 4.79 Å². The highest BCUT2D eigenvalue weighted by Crippen LogP contribution is 2.36. The molecule has 0 spiro atoms. The highest BCUT2D eigenvalue weighted by molar-refractivity contribution is 6.17. The predicted octanol–water partition coefficient (Wildman–Crippen LogP) is 6.30. The van der Waals surface area contributed by atoms with E-state index in [2.05, 4.69) is 4.74 Å². The van der Waals surface area contributed by atoms with Gasteiger partial charge in [0.05, 0.1) is 18.2 Å². The van der Waals surface area contributed by atoms with Crippen LogP contribution in [0, 0.1) is 6.92 Å². The van der Waals surface area contributed by atoms with Crippen molar-refractivity contribution in [2.24, 2.45) is 0 Å². The Labute approximate surface area is 227 Å². The lowest BCUT2D eigenvalue weighted by Gasteiger charge is -2.32. The fraction of sp³-hybridized carbons (Fsp3) is 0.267. The van der Waals surface area contributed by atoms with E-state index in [4.69, 9.17) is 9.47 Å². The lowest BCUT2D eigenvalue weighted by atomic mass is 9.92. The van der Waals surface area contributed by atoms with Crippen molar-refractivity contribution in [3.8, 4) is 17.2 Å². The molecule has 4 aromatic rings. The molecule has 10 heteroatoms. The number of ketones is 1. The van der Waals surface area contributed by atoms with E-state index in [-0.39, 0.29) is 12.3 Å². The number of rotatable bonds is 7. The molecule has 1 aliphatic heterocycles. The van der Waals surface area contributed by atoms with Crippen LogP contribution in [0.5, 0.6) is 17.2 Å². The molecule has 1 aliphatic rings. The van der Waals surface area contributed by atoms with Crippen LogP contribution >= 0.6 is 0 Å². The van der Waals surface area contributed by atoms with E-state index in [0.717, 1.165) is 11.1 Å². The van der Waals surface area contributed by atoms with Crippen LogP contribution in [0.25, 0.3) is 10.9 Å². The Morgan fingerprint density at radius 2 is 1.75 bits per heavy atom. The van der Waals surface area contributed by atoms with Crippen molar-refractivity contribution in [1.82, 2.24) is 4.57 Å². The van der Waals surface area contributed by atoms with E-state index in [1.807, 2.05) is 6.07 Å². The van der Waals surface area contributed by atoms with Gasteiger partial charge >= 0.3 is 12.3 Å². The predicted molar refractivity (Wildman–Crippen MR) is 140 cm³/mol. The van der Waals surface area contributed by atoms with Crippen molar-refractivity contribution < 1.29 is 42.1 Å². The first-order valence-corrected chi connectivity index (χ1v) is 12.5. The first-order valence-electron chi connectivity index (χ1n) is 12.5. The van der Waals surface area contributed by atoms with E-state index in [1.165, 1.54) is 32.2 Å². The number of aryl methyl sites for hydroxylation is 1. The molecule has 0 radical (unpaired) electrons. The monoisotopic (exact) mass is 553 g/mol. The van der Waals surface area contributed by atoms with E-state index in [9.17, 15) is 27.9 Å². The van der Waals surface area contributed by atoms with Gasteiger partial charge in [0, 0.05) is 35.7 Å². The van der Waals surface area contributed by atoms with Gasteiger partial charge in [0.25, 0.3) is 0 Å². The van der Waals surface area contributed by atoms with Crippen LogP contribution in [0.3, 0.4) is 0 Å². The number of carboxylic acids is 1. The summed E-state index contributed by atoms with van der Waals surface area (Å²) in [6, 6.07) is 15.9. The minimum atomic E-state index is -4.87. The largest absolute Gasteiger partial charge is 0.573 e. The van der Waals surface area contributed by atoms with Crippen molar-refractivity contribution in [2.45, 2.75) is 45.2 Å². The Morgan fingerprint density at radius 1 is 1.05 bits per heavy atom. The molecule has 0 bridgehead atoms. The molecule has 1 aromatic heterocycles. The summed E-state index contributed by atoms with van der Waals surface area (Å²) in [6.45, 7) is 3.53. The summed E-state index contributed by atoms with van der Waals surface area (Å²) in [4.78, 5) is 25.3. The van der Waals surface area contributed by atoms with E-state index < -0.39 is 23.7 Å². The number of aliphatic carboxylic acids is 1. The maximum Gasteiger partial charge on any atom is 0.573 e. The molecule has 0 saturated heterocycles. The minimum Gasteiger partial charge on any atom is -0.497 e. The number of hydrogen-bond acceptors (Lipinski definition) is 5. The van der Waals surface area contributed by atoms with Crippen LogP contribution in [-0.2, 0) is 17.8 Å². The normalized spacial score (nSPS) is 16.8. The Hall–Kier alpha value is -4.47. The van der Waals surface area contributed by atoms with Crippen LogP contribution in [0.4, 0.5) is 13.2 Å². The van der Waals surface area contributed by atoms with Gasteiger partial charge in [0.15, 0.2) is 5.78 Å². The number of fused-ring (bicyclic) bond motifs is 2. The standard InChI is InChI=1S/C30H26F3NO6/c1-17-26(27(35)19-5-7-21(38-3)8-6-19)23-10-9-22(39-30(31,32)33)15-24(23)34(17)16-18-4-11-25-20(14-18)12-13-29(2,40-25)28(36)37/h4-11,14-15H,12-13,16H2,1-3H3,(H,36,37). The Morgan fingerprint density at radius 3 is 2.40 bits per heavy atom. The average molecular weight is 554 g/mol. The van der Waals surface area contributed by atoms with Crippen LogP contribution in [0.2, 0.25) is 0 Å². The third kappa shape index (κ3) is 5.09. The number of methoxy groups -OCH3 is 1. The summed E-state index contributed by atoms with van der Waals surface area (Å²) in [5, 5.41) is 10.0. The zero-order valence-corrected chi connectivity index (χ0v) is 22.0. The highest BCUT2D eigenvalue weighted by atomic mass is 19.4. The Kier molecular flexibility index (Phi) is 6.73. The van der Waals surface area contributed by atoms with E-state index >= 15 is 0 Å². The molecule has 0 aliphatic carbocycles. The van der Waals surface area contributed by atoms with Crippen LogP contribution in [0.1, 0.15) is 46.1 Å². The first-order chi connectivity index (χ1) is 18.9. The zero-order chi connectivity index (χ0) is 28.8. The van der Waals surface area contributed by atoms with Crippen molar-refractivity contribution in [1.29, 1.82) is 0 Å². The van der Waals surface area contributed by atoms with Crippen LogP contribution < -0.4 is 14.2 Å². The molecule has 7 nitrogen and oxygen atoms in total. The molecule has 1 atom stereocenters. The van der Waals surface area contributed by atoms with Crippen LogP contribution in [0.15, 0.2) is 60.7 Å². The van der Waals surface area contributed by atoms with Crippen molar-refractivity contribution in [2.75, 3.05) is 7.11 Å². The van der Waals surface area contributed by atoms with Gasteiger partial charge in [0.2, 0.25) is 5.60 Å². The molecule has 1 unspecified atom stereocenters. The van der Waals surface area contributed by atoms with Gasteiger partial charge in [-0.2, -0.15) is 0 Å². The number of carbonyl (C=O) groups excluding carboxylic acids is 1. The summed E-state index contributed by atoms with van der Waals surface area (Å²) < 4.78 is 55.9. The highest BCUT2D eigenvalue weighted by Gasteiger charge is 2.39. The minimum absolute atomic E-state index is 0.247. The van der Waals surface area contributed by atoms with Gasteiger partial charge in [0.1, 0.15) is 17.2 Å². The lowest BCUT2D eigenvalue weighted by Crippen LogP contribution is -2.44. The number of nitrogens with zero attached hydrogens (tertiary/aromatic N) is 1. The topological polar surface area (TPSA) is 87.0 Å². The number of alkyl halides is 3. The number of halogens is 3. The second kappa shape index (κ2) is 9.93. The molecule has 208 valence electrons.